The third-order valence-corrected chi connectivity index (χ3v) is 2.39. The standard InChI is InChI=1S/C8H15N3O.CH4/c1-7-9-4-5-11(7,3)6-10-8(2)12;/h4-6H2,1-3H3;1H4/p+1. The quantitative estimate of drug-likeness (QED) is 0.630. The fourth-order valence-electron chi connectivity index (χ4n) is 1.24. The molecule has 0 fully saturated rings. The molecule has 0 aliphatic carbocycles. The maximum Gasteiger partial charge on any atom is 0.221 e. The van der Waals surface area contributed by atoms with Gasteiger partial charge in [-0.05, 0) is 0 Å². The highest BCUT2D eigenvalue weighted by Crippen LogP contribution is 2.09. The van der Waals surface area contributed by atoms with E-state index in [-0.39, 0.29) is 13.3 Å². The van der Waals surface area contributed by atoms with Crippen molar-refractivity contribution in [2.24, 2.45) is 4.99 Å². The van der Waals surface area contributed by atoms with Crippen molar-refractivity contribution in [3.8, 4) is 0 Å². The second-order valence-electron chi connectivity index (χ2n) is 3.44. The van der Waals surface area contributed by atoms with Gasteiger partial charge in [0.15, 0.2) is 12.5 Å². The lowest BCUT2D eigenvalue weighted by molar-refractivity contribution is -0.816. The molecule has 4 nitrogen and oxygen atoms in total. The predicted octanol–water partition coefficient (Wildman–Crippen LogP) is 0.595. The van der Waals surface area contributed by atoms with Crippen molar-refractivity contribution in [1.29, 1.82) is 0 Å². The third kappa shape index (κ3) is 2.81. The van der Waals surface area contributed by atoms with Gasteiger partial charge in [0.05, 0.1) is 13.6 Å². The first-order valence-corrected chi connectivity index (χ1v) is 4.15. The molecule has 0 aromatic rings. The van der Waals surface area contributed by atoms with E-state index in [1.807, 2.05) is 6.92 Å². The minimum Gasteiger partial charge on any atom is -0.309 e. The van der Waals surface area contributed by atoms with Gasteiger partial charge in [-0.1, -0.05) is 7.43 Å². The van der Waals surface area contributed by atoms with Crippen LogP contribution in [0.25, 0.3) is 0 Å². The molecule has 13 heavy (non-hydrogen) atoms. The van der Waals surface area contributed by atoms with E-state index in [0.717, 1.165) is 23.4 Å². The van der Waals surface area contributed by atoms with Gasteiger partial charge in [0.25, 0.3) is 0 Å². The Bertz CT molecular complexity index is 225. The molecule has 0 saturated carbocycles. The lowest BCUT2D eigenvalue weighted by Gasteiger charge is -2.28. The van der Waals surface area contributed by atoms with Crippen LogP contribution >= 0.6 is 0 Å². The summed E-state index contributed by atoms with van der Waals surface area (Å²) in [6.07, 6.45) is 0. The summed E-state index contributed by atoms with van der Waals surface area (Å²) in [5.74, 6) is 1.12. The molecule has 76 valence electrons. The molecule has 1 heterocycles. The summed E-state index contributed by atoms with van der Waals surface area (Å²) in [7, 11) is 2.09. The number of quaternary nitrogens is 1. The molecule has 1 amide bonds. The summed E-state index contributed by atoms with van der Waals surface area (Å²) >= 11 is 0. The summed E-state index contributed by atoms with van der Waals surface area (Å²) in [5.41, 5.74) is 0. The van der Waals surface area contributed by atoms with Crippen LogP contribution in [0, 0.1) is 0 Å². The van der Waals surface area contributed by atoms with Gasteiger partial charge >= 0.3 is 0 Å². The van der Waals surface area contributed by atoms with Crippen molar-refractivity contribution in [3.05, 3.63) is 0 Å². The van der Waals surface area contributed by atoms with E-state index in [0.29, 0.717) is 6.67 Å². The smallest absolute Gasteiger partial charge is 0.221 e. The molecule has 1 aliphatic heterocycles. The Balaban J connectivity index is 0.00000144. The van der Waals surface area contributed by atoms with Crippen molar-refractivity contribution >= 4 is 11.7 Å². The fourth-order valence-corrected chi connectivity index (χ4v) is 1.24. The van der Waals surface area contributed by atoms with Crippen LogP contribution in [0.3, 0.4) is 0 Å². The van der Waals surface area contributed by atoms with Crippen LogP contribution in [0.2, 0.25) is 0 Å². The predicted molar refractivity (Wildman–Crippen MR) is 54.4 cm³/mol. The zero-order valence-electron chi connectivity index (χ0n) is 7.92. The zero-order chi connectivity index (χ0) is 9.19. The topological polar surface area (TPSA) is 41.5 Å². The minimum absolute atomic E-state index is 0. The van der Waals surface area contributed by atoms with E-state index >= 15 is 0 Å². The summed E-state index contributed by atoms with van der Waals surface area (Å²) in [4.78, 5) is 15.0. The van der Waals surface area contributed by atoms with Crippen LogP contribution in [0.15, 0.2) is 4.99 Å². The van der Waals surface area contributed by atoms with Gasteiger partial charge in [0, 0.05) is 13.8 Å². The van der Waals surface area contributed by atoms with E-state index < -0.39 is 0 Å². The first-order chi connectivity index (χ1) is 5.54. The first kappa shape index (κ1) is 12.1. The number of aliphatic imine (C=N–C) groups is 1. The lowest BCUT2D eigenvalue weighted by Crippen LogP contribution is -2.52. The summed E-state index contributed by atoms with van der Waals surface area (Å²) in [6, 6.07) is 0. The molecule has 1 atom stereocenters. The molecule has 0 saturated heterocycles. The fraction of sp³-hybridized carbons (Fsp3) is 0.778. The van der Waals surface area contributed by atoms with E-state index in [1.165, 1.54) is 6.92 Å². The van der Waals surface area contributed by atoms with Crippen LogP contribution in [-0.4, -0.2) is 43.0 Å². The first-order valence-electron chi connectivity index (χ1n) is 4.15. The Labute approximate surface area is 80.2 Å². The third-order valence-electron chi connectivity index (χ3n) is 2.39. The highest BCUT2D eigenvalue weighted by molar-refractivity contribution is 5.75. The second kappa shape index (κ2) is 4.37. The van der Waals surface area contributed by atoms with Crippen LogP contribution in [-0.2, 0) is 4.79 Å². The maximum atomic E-state index is 10.7. The number of hydrogen-bond acceptors (Lipinski definition) is 2. The Hall–Kier alpha value is -0.900. The number of hydrogen-bond donors (Lipinski definition) is 1. The number of nitrogens with zero attached hydrogens (tertiary/aromatic N) is 2. The highest BCUT2D eigenvalue weighted by atomic mass is 16.1. The van der Waals surface area contributed by atoms with Gasteiger partial charge < -0.3 is 5.32 Å². The van der Waals surface area contributed by atoms with Crippen LogP contribution in [0.1, 0.15) is 21.3 Å². The van der Waals surface area contributed by atoms with E-state index in [4.69, 9.17) is 0 Å². The average molecular weight is 186 g/mol. The molecule has 0 spiro atoms. The average Bonchev–Trinajstić information content (AvgIpc) is 2.30. The maximum absolute atomic E-state index is 10.7. The van der Waals surface area contributed by atoms with Crippen molar-refractivity contribution in [1.82, 2.24) is 5.32 Å². The molecule has 4 heteroatoms. The van der Waals surface area contributed by atoms with Crippen molar-refractivity contribution in [2.75, 3.05) is 26.8 Å². The zero-order valence-corrected chi connectivity index (χ0v) is 7.92. The van der Waals surface area contributed by atoms with E-state index in [1.54, 1.807) is 0 Å². The van der Waals surface area contributed by atoms with Gasteiger partial charge in [-0.2, -0.15) is 0 Å². The number of rotatable bonds is 2. The SMILES string of the molecule is C.CC(=O)NC[N+]1(C)CCN=C1C. The lowest BCUT2D eigenvalue weighted by atomic mass is 10.4. The van der Waals surface area contributed by atoms with E-state index in [2.05, 4.69) is 17.4 Å². The van der Waals surface area contributed by atoms with Crippen molar-refractivity contribution < 1.29 is 9.28 Å². The molecule has 1 rings (SSSR count). The normalized spacial score (nSPS) is 26.2. The number of carbonyl (C=O) groups is 1. The van der Waals surface area contributed by atoms with Crippen molar-refractivity contribution in [2.45, 2.75) is 21.3 Å². The monoisotopic (exact) mass is 186 g/mol. The van der Waals surface area contributed by atoms with Crippen LogP contribution in [0.5, 0.6) is 0 Å². The number of nitrogens with one attached hydrogen (secondary N) is 1. The Morgan fingerprint density at radius 2 is 2.31 bits per heavy atom. The molecule has 0 bridgehead atoms. The van der Waals surface area contributed by atoms with E-state index in [9.17, 15) is 4.79 Å². The molecule has 1 aliphatic rings. The molecule has 0 radical (unpaired) electrons. The highest BCUT2D eigenvalue weighted by Gasteiger charge is 2.29. The van der Waals surface area contributed by atoms with Gasteiger partial charge in [0.2, 0.25) is 5.91 Å². The molecule has 0 aromatic carbocycles. The number of amidine groups is 1. The summed E-state index contributed by atoms with van der Waals surface area (Å²) < 4.78 is 0.750. The molecule has 1 N–H and O–H groups in total. The molecule has 1 unspecified atom stereocenters. The van der Waals surface area contributed by atoms with Crippen LogP contribution < -0.4 is 5.32 Å². The van der Waals surface area contributed by atoms with Gasteiger partial charge in [-0.25, -0.2) is 4.99 Å². The molecular weight excluding hydrogens is 166 g/mol. The number of carbonyl (C=O) groups excluding carboxylic acids is 1. The Morgan fingerprint density at radius 3 is 2.69 bits per heavy atom. The van der Waals surface area contributed by atoms with Gasteiger partial charge in [0.1, 0.15) is 6.54 Å². The van der Waals surface area contributed by atoms with Gasteiger partial charge in [-0.3, -0.25) is 9.28 Å². The van der Waals surface area contributed by atoms with Crippen LogP contribution in [0.4, 0.5) is 0 Å². The molecule has 0 aromatic heterocycles. The van der Waals surface area contributed by atoms with Crippen molar-refractivity contribution in [3.63, 3.8) is 0 Å². The van der Waals surface area contributed by atoms with Gasteiger partial charge in [-0.15, -0.1) is 0 Å². The number of amides is 1. The summed E-state index contributed by atoms with van der Waals surface area (Å²) in [6.45, 7) is 6.07. The number of likely N-dealkylation sites (N-methyl/N-ethyl adjacent to an activating group) is 1. The Kier molecular flexibility index (Phi) is 4.07. The Morgan fingerprint density at radius 1 is 1.69 bits per heavy atom. The molecular formula is C9H20N3O+. The summed E-state index contributed by atoms with van der Waals surface area (Å²) in [5, 5.41) is 2.81. The second-order valence-corrected chi connectivity index (χ2v) is 3.44. The largest absolute Gasteiger partial charge is 0.309 e. The minimum atomic E-state index is 0.